The number of aldehydes is 1. The molecule has 0 aliphatic carbocycles. The molecule has 0 saturated heterocycles. The molecule has 0 fully saturated rings. The van der Waals surface area contributed by atoms with E-state index in [4.69, 9.17) is 9.47 Å². The maximum absolute atomic E-state index is 12.0. The summed E-state index contributed by atoms with van der Waals surface area (Å²) < 4.78 is 10.7. The third kappa shape index (κ3) is 7.94. The van der Waals surface area contributed by atoms with Crippen LogP contribution in [-0.4, -0.2) is 32.5 Å². The van der Waals surface area contributed by atoms with Gasteiger partial charge in [0.2, 0.25) is 5.91 Å². The van der Waals surface area contributed by atoms with Gasteiger partial charge in [0.25, 0.3) is 0 Å². The highest BCUT2D eigenvalue weighted by Crippen LogP contribution is 2.14. The van der Waals surface area contributed by atoms with Crippen LogP contribution in [0.1, 0.15) is 30.4 Å². The second kappa shape index (κ2) is 11.7. The Morgan fingerprint density at radius 1 is 0.963 bits per heavy atom. The molecular weight excluding hydrogens is 342 g/mol. The molecule has 5 heteroatoms. The van der Waals surface area contributed by atoms with E-state index < -0.39 is 0 Å². The fraction of sp³-hybridized carbons (Fsp3) is 0.364. The average molecular weight is 369 g/mol. The molecule has 0 unspecified atom stereocenters. The summed E-state index contributed by atoms with van der Waals surface area (Å²) in [6.07, 6.45) is 4.09. The van der Waals surface area contributed by atoms with Crippen LogP contribution in [0.3, 0.4) is 0 Å². The van der Waals surface area contributed by atoms with Gasteiger partial charge in [0.1, 0.15) is 17.8 Å². The summed E-state index contributed by atoms with van der Waals surface area (Å²) in [6.45, 7) is 1.16. The van der Waals surface area contributed by atoms with Gasteiger partial charge in [-0.1, -0.05) is 24.3 Å². The van der Waals surface area contributed by atoms with Crippen LogP contribution >= 0.6 is 0 Å². The summed E-state index contributed by atoms with van der Waals surface area (Å²) in [4.78, 5) is 22.2. The van der Waals surface area contributed by atoms with E-state index >= 15 is 0 Å². The maximum Gasteiger partial charge on any atom is 0.220 e. The molecule has 0 heterocycles. The number of amides is 1. The first-order valence-electron chi connectivity index (χ1n) is 9.26. The number of rotatable bonds is 12. The minimum absolute atomic E-state index is 0.0534. The SMILES string of the molecule is COc1ccc(CCNC(=O)CCc2ccc(OCCCC=O)cc2)cc1. The fourth-order valence-electron chi connectivity index (χ4n) is 2.59. The second-order valence-corrected chi connectivity index (χ2v) is 6.25. The van der Waals surface area contributed by atoms with Crippen molar-refractivity contribution < 1.29 is 19.1 Å². The van der Waals surface area contributed by atoms with Crippen molar-refractivity contribution in [1.29, 1.82) is 0 Å². The first-order valence-corrected chi connectivity index (χ1v) is 9.26. The molecule has 27 heavy (non-hydrogen) atoms. The summed E-state index contributed by atoms with van der Waals surface area (Å²) >= 11 is 0. The molecule has 5 nitrogen and oxygen atoms in total. The highest BCUT2D eigenvalue weighted by Gasteiger charge is 2.03. The minimum atomic E-state index is 0.0534. The van der Waals surface area contributed by atoms with Crippen molar-refractivity contribution in [2.75, 3.05) is 20.3 Å². The largest absolute Gasteiger partial charge is 0.497 e. The van der Waals surface area contributed by atoms with E-state index in [1.54, 1.807) is 7.11 Å². The molecule has 0 aliphatic heterocycles. The molecule has 2 aromatic rings. The minimum Gasteiger partial charge on any atom is -0.497 e. The van der Waals surface area contributed by atoms with Gasteiger partial charge in [0.05, 0.1) is 13.7 Å². The Hall–Kier alpha value is -2.82. The lowest BCUT2D eigenvalue weighted by atomic mass is 10.1. The molecule has 1 N–H and O–H groups in total. The number of ether oxygens (including phenoxy) is 2. The van der Waals surface area contributed by atoms with Crippen molar-refractivity contribution in [2.45, 2.75) is 32.1 Å². The van der Waals surface area contributed by atoms with Crippen LogP contribution in [0.2, 0.25) is 0 Å². The first kappa shape index (κ1) is 20.5. The van der Waals surface area contributed by atoms with Gasteiger partial charge < -0.3 is 19.6 Å². The number of unbranched alkanes of at least 4 members (excludes halogenated alkanes) is 1. The molecular formula is C22H27NO4. The Kier molecular flexibility index (Phi) is 8.90. The van der Waals surface area contributed by atoms with E-state index in [-0.39, 0.29) is 5.91 Å². The molecule has 1 amide bonds. The number of aryl methyl sites for hydroxylation is 1. The Labute approximate surface area is 160 Å². The Balaban J connectivity index is 1.63. The maximum atomic E-state index is 12.0. The quantitative estimate of drug-likeness (QED) is 0.460. The van der Waals surface area contributed by atoms with Gasteiger partial charge in [0.15, 0.2) is 0 Å². The number of carbonyl (C=O) groups excluding carboxylic acids is 2. The van der Waals surface area contributed by atoms with E-state index in [9.17, 15) is 9.59 Å². The van der Waals surface area contributed by atoms with Gasteiger partial charge in [-0.05, 0) is 54.7 Å². The van der Waals surface area contributed by atoms with Crippen molar-refractivity contribution in [3.63, 3.8) is 0 Å². The third-order valence-electron chi connectivity index (χ3n) is 4.19. The number of hydrogen-bond acceptors (Lipinski definition) is 4. The predicted octanol–water partition coefficient (Wildman–Crippen LogP) is 3.34. The summed E-state index contributed by atoms with van der Waals surface area (Å²) in [5.74, 6) is 1.67. The summed E-state index contributed by atoms with van der Waals surface area (Å²) in [6, 6.07) is 15.6. The van der Waals surface area contributed by atoms with Gasteiger partial charge in [-0.15, -0.1) is 0 Å². The Bertz CT molecular complexity index is 695. The summed E-state index contributed by atoms with van der Waals surface area (Å²) in [7, 11) is 1.64. The van der Waals surface area contributed by atoms with E-state index in [1.807, 2.05) is 48.5 Å². The Morgan fingerprint density at radius 2 is 1.59 bits per heavy atom. The zero-order valence-electron chi connectivity index (χ0n) is 15.8. The average Bonchev–Trinajstić information content (AvgIpc) is 2.71. The first-order chi connectivity index (χ1) is 13.2. The van der Waals surface area contributed by atoms with Crippen LogP contribution in [0.25, 0.3) is 0 Å². The molecule has 0 radical (unpaired) electrons. The van der Waals surface area contributed by atoms with Gasteiger partial charge in [0, 0.05) is 19.4 Å². The van der Waals surface area contributed by atoms with Crippen molar-refractivity contribution >= 4 is 12.2 Å². The molecule has 0 saturated carbocycles. The van der Waals surface area contributed by atoms with E-state index in [1.165, 1.54) is 5.56 Å². The standard InChI is InChI=1S/C22H27NO4/c1-26-20-9-4-19(5-10-20)14-15-23-22(25)13-8-18-6-11-21(12-7-18)27-17-3-2-16-24/h4-7,9-12,16H,2-3,8,13-15,17H2,1H3,(H,23,25). The normalized spacial score (nSPS) is 10.3. The zero-order valence-corrected chi connectivity index (χ0v) is 15.8. The van der Waals surface area contributed by atoms with E-state index in [2.05, 4.69) is 5.32 Å². The monoisotopic (exact) mass is 369 g/mol. The van der Waals surface area contributed by atoms with Crippen molar-refractivity contribution in [2.24, 2.45) is 0 Å². The third-order valence-corrected chi connectivity index (χ3v) is 4.19. The van der Waals surface area contributed by atoms with Gasteiger partial charge in [-0.3, -0.25) is 4.79 Å². The smallest absolute Gasteiger partial charge is 0.220 e. The van der Waals surface area contributed by atoms with Crippen molar-refractivity contribution in [3.05, 3.63) is 59.7 Å². The molecule has 0 spiro atoms. The zero-order chi connectivity index (χ0) is 19.3. The number of carbonyl (C=O) groups is 2. The number of nitrogens with one attached hydrogen (secondary N) is 1. The van der Waals surface area contributed by atoms with Crippen molar-refractivity contribution in [3.8, 4) is 11.5 Å². The topological polar surface area (TPSA) is 64.6 Å². The van der Waals surface area contributed by atoms with E-state index in [0.717, 1.165) is 36.2 Å². The number of methoxy groups -OCH3 is 1. The van der Waals surface area contributed by atoms with Crippen LogP contribution < -0.4 is 14.8 Å². The molecule has 2 aromatic carbocycles. The second-order valence-electron chi connectivity index (χ2n) is 6.25. The number of benzene rings is 2. The molecule has 0 aliphatic rings. The van der Waals surface area contributed by atoms with Crippen LogP contribution in [0.4, 0.5) is 0 Å². The van der Waals surface area contributed by atoms with E-state index in [0.29, 0.717) is 32.4 Å². The fourth-order valence-corrected chi connectivity index (χ4v) is 2.59. The highest BCUT2D eigenvalue weighted by molar-refractivity contribution is 5.76. The van der Waals surface area contributed by atoms with Gasteiger partial charge >= 0.3 is 0 Å². The molecule has 2 rings (SSSR count). The lowest BCUT2D eigenvalue weighted by molar-refractivity contribution is -0.121. The van der Waals surface area contributed by atoms with Crippen LogP contribution in [-0.2, 0) is 22.4 Å². The molecule has 144 valence electrons. The van der Waals surface area contributed by atoms with Crippen molar-refractivity contribution in [1.82, 2.24) is 5.32 Å². The lowest BCUT2D eigenvalue weighted by Gasteiger charge is -2.08. The summed E-state index contributed by atoms with van der Waals surface area (Å²) in [5.41, 5.74) is 2.26. The number of hydrogen-bond donors (Lipinski definition) is 1. The van der Waals surface area contributed by atoms with Gasteiger partial charge in [-0.25, -0.2) is 0 Å². The predicted molar refractivity (Wildman–Crippen MR) is 105 cm³/mol. The molecule has 0 bridgehead atoms. The Morgan fingerprint density at radius 3 is 2.22 bits per heavy atom. The summed E-state index contributed by atoms with van der Waals surface area (Å²) in [5, 5.41) is 2.96. The lowest BCUT2D eigenvalue weighted by Crippen LogP contribution is -2.25. The molecule has 0 aromatic heterocycles. The van der Waals surface area contributed by atoms with Crippen LogP contribution in [0.5, 0.6) is 11.5 Å². The van der Waals surface area contributed by atoms with Gasteiger partial charge in [-0.2, -0.15) is 0 Å². The highest BCUT2D eigenvalue weighted by atomic mass is 16.5. The molecule has 0 atom stereocenters. The van der Waals surface area contributed by atoms with Crippen LogP contribution in [0, 0.1) is 0 Å². The van der Waals surface area contributed by atoms with Crippen LogP contribution in [0.15, 0.2) is 48.5 Å².